The van der Waals surface area contributed by atoms with Crippen LogP contribution in [0.1, 0.15) is 108 Å². The van der Waals surface area contributed by atoms with Gasteiger partial charge in [-0.1, -0.05) is 61.0 Å². The van der Waals surface area contributed by atoms with Crippen LogP contribution in [0.15, 0.2) is 11.6 Å². The number of likely N-dealkylation sites (tertiary alicyclic amines) is 2. The van der Waals surface area contributed by atoms with Gasteiger partial charge in [-0.2, -0.15) is 0 Å². The second-order valence-electron chi connectivity index (χ2n) is 15.0. The van der Waals surface area contributed by atoms with Crippen LogP contribution in [-0.2, 0) is 19.2 Å². The molecule has 4 atom stereocenters. The Morgan fingerprint density at radius 2 is 1.54 bits per heavy atom. The average Bonchev–Trinajstić information content (AvgIpc) is 3.50. The third kappa shape index (κ3) is 10.8. The van der Waals surface area contributed by atoms with Gasteiger partial charge < -0.3 is 25.3 Å². The number of nitrogens with zero attached hydrogens (tertiary/aromatic N) is 4. The SMILES string of the molecule is CCN(CC)CCCNC(=O)C1CCCN1C(=O)/C(C)=C/C(C(C)C)N(C)C(=O)C(NC(=O)C1CCCCN1C(C)C)C(C)(C)C. The lowest BCUT2D eigenvalue weighted by Crippen LogP contribution is -2.60. The molecule has 0 saturated carbocycles. The molecule has 2 rings (SSSR count). The van der Waals surface area contributed by atoms with Gasteiger partial charge in [0.2, 0.25) is 23.6 Å². The summed E-state index contributed by atoms with van der Waals surface area (Å²) in [7, 11) is 1.76. The minimum atomic E-state index is -0.722. The van der Waals surface area contributed by atoms with Crippen molar-refractivity contribution in [2.45, 2.75) is 138 Å². The van der Waals surface area contributed by atoms with Crippen LogP contribution in [0, 0.1) is 11.3 Å². The van der Waals surface area contributed by atoms with Gasteiger partial charge in [0, 0.05) is 31.8 Å². The van der Waals surface area contributed by atoms with Crippen LogP contribution in [0.5, 0.6) is 0 Å². The molecule has 2 aliphatic rings. The van der Waals surface area contributed by atoms with Crippen LogP contribution in [-0.4, -0.2) is 120 Å². The molecule has 10 nitrogen and oxygen atoms in total. The van der Waals surface area contributed by atoms with E-state index in [2.05, 4.69) is 48.1 Å². The standard InChI is InChI=1S/C36H66N6O4/c1-12-40(13-2)21-17-20-37-32(43)28-19-16-23-42(28)34(45)27(7)24-30(25(3)4)39(11)35(46)31(36(8,9)10)38-33(44)29-18-14-15-22-41(29)26(5)6/h24-26,28-31H,12-23H2,1-11H3,(H,37,43)(H,38,44)/b27-24+. The molecule has 4 amide bonds. The van der Waals surface area contributed by atoms with Crippen LogP contribution in [0.3, 0.4) is 0 Å². The number of nitrogens with one attached hydrogen (secondary N) is 2. The molecule has 2 N–H and O–H groups in total. The summed E-state index contributed by atoms with van der Waals surface area (Å²) >= 11 is 0. The average molecular weight is 647 g/mol. The lowest BCUT2D eigenvalue weighted by Gasteiger charge is -2.41. The highest BCUT2D eigenvalue weighted by molar-refractivity contribution is 5.97. The monoisotopic (exact) mass is 647 g/mol. The van der Waals surface area contributed by atoms with E-state index in [4.69, 9.17) is 0 Å². The van der Waals surface area contributed by atoms with Gasteiger partial charge in [0.1, 0.15) is 12.1 Å². The normalized spacial score (nSPS) is 21.1. The molecule has 0 radical (unpaired) electrons. The van der Waals surface area contributed by atoms with Crippen molar-refractivity contribution in [2.24, 2.45) is 11.3 Å². The van der Waals surface area contributed by atoms with E-state index in [0.29, 0.717) is 25.1 Å². The Balaban J connectivity index is 2.17. The van der Waals surface area contributed by atoms with E-state index in [-0.39, 0.29) is 47.7 Å². The summed E-state index contributed by atoms with van der Waals surface area (Å²) in [5, 5.41) is 6.19. The fourth-order valence-corrected chi connectivity index (χ4v) is 6.85. The van der Waals surface area contributed by atoms with Crippen LogP contribution in [0.2, 0.25) is 0 Å². The molecule has 0 aromatic carbocycles. The van der Waals surface area contributed by atoms with Crippen LogP contribution < -0.4 is 10.6 Å². The molecule has 0 bridgehead atoms. The number of amides is 4. The van der Waals surface area contributed by atoms with Crippen molar-refractivity contribution in [3.05, 3.63) is 11.6 Å². The minimum absolute atomic E-state index is 0.0197. The number of hydrogen-bond donors (Lipinski definition) is 2. The van der Waals surface area contributed by atoms with E-state index in [9.17, 15) is 19.2 Å². The quantitative estimate of drug-likeness (QED) is 0.206. The number of piperidine rings is 1. The summed E-state index contributed by atoms with van der Waals surface area (Å²) in [4.78, 5) is 62.5. The van der Waals surface area contributed by atoms with E-state index >= 15 is 0 Å². The highest BCUT2D eigenvalue weighted by Gasteiger charge is 2.40. The van der Waals surface area contributed by atoms with Crippen molar-refractivity contribution in [2.75, 3.05) is 46.3 Å². The van der Waals surface area contributed by atoms with Crippen molar-refractivity contribution in [1.82, 2.24) is 30.2 Å². The summed E-state index contributed by atoms with van der Waals surface area (Å²) in [5.74, 6) is -0.510. The second kappa shape index (κ2) is 18.2. The zero-order chi connectivity index (χ0) is 34.8. The molecule has 4 unspecified atom stereocenters. The largest absolute Gasteiger partial charge is 0.354 e. The maximum Gasteiger partial charge on any atom is 0.249 e. The number of likely N-dealkylation sites (N-methyl/N-ethyl adjacent to an activating group) is 1. The molecule has 2 aliphatic heterocycles. The van der Waals surface area contributed by atoms with Gasteiger partial charge in [-0.05, 0) is 90.4 Å². The Labute approximate surface area is 280 Å². The van der Waals surface area contributed by atoms with Gasteiger partial charge in [0.05, 0.1) is 12.1 Å². The zero-order valence-electron chi connectivity index (χ0n) is 30.9. The molecule has 264 valence electrons. The molecule has 2 heterocycles. The lowest BCUT2D eigenvalue weighted by molar-refractivity contribution is -0.142. The predicted octanol–water partition coefficient (Wildman–Crippen LogP) is 4.05. The highest BCUT2D eigenvalue weighted by atomic mass is 16.2. The first-order chi connectivity index (χ1) is 21.5. The fourth-order valence-electron chi connectivity index (χ4n) is 6.85. The first-order valence-corrected chi connectivity index (χ1v) is 17.9. The molecule has 0 aromatic heterocycles. The topological polar surface area (TPSA) is 105 Å². The first kappa shape index (κ1) is 39.7. The summed E-state index contributed by atoms with van der Waals surface area (Å²) in [6.07, 6.45) is 7.03. The van der Waals surface area contributed by atoms with E-state index in [1.807, 2.05) is 40.7 Å². The summed E-state index contributed by atoms with van der Waals surface area (Å²) < 4.78 is 0. The van der Waals surface area contributed by atoms with Gasteiger partial charge in [-0.15, -0.1) is 0 Å². The lowest BCUT2D eigenvalue weighted by atomic mass is 9.84. The summed E-state index contributed by atoms with van der Waals surface area (Å²) in [6.45, 7) is 25.2. The molecule has 0 aliphatic carbocycles. The number of hydrogen-bond acceptors (Lipinski definition) is 6. The Morgan fingerprint density at radius 1 is 0.913 bits per heavy atom. The van der Waals surface area contributed by atoms with Gasteiger partial charge >= 0.3 is 0 Å². The number of carbonyl (C=O) groups is 4. The number of rotatable bonds is 15. The third-order valence-electron chi connectivity index (χ3n) is 9.81. The smallest absolute Gasteiger partial charge is 0.249 e. The Kier molecular flexibility index (Phi) is 15.7. The van der Waals surface area contributed by atoms with Crippen molar-refractivity contribution >= 4 is 23.6 Å². The van der Waals surface area contributed by atoms with Gasteiger partial charge in [-0.3, -0.25) is 24.1 Å². The van der Waals surface area contributed by atoms with E-state index in [1.54, 1.807) is 23.8 Å². The molecular weight excluding hydrogens is 580 g/mol. The Morgan fingerprint density at radius 3 is 2.11 bits per heavy atom. The van der Waals surface area contributed by atoms with Crippen LogP contribution >= 0.6 is 0 Å². The van der Waals surface area contributed by atoms with E-state index < -0.39 is 17.5 Å². The highest BCUT2D eigenvalue weighted by Crippen LogP contribution is 2.27. The third-order valence-corrected chi connectivity index (χ3v) is 9.81. The van der Waals surface area contributed by atoms with Crippen molar-refractivity contribution in [1.29, 1.82) is 0 Å². The number of carbonyl (C=O) groups excluding carboxylic acids is 4. The summed E-state index contributed by atoms with van der Waals surface area (Å²) in [6, 6.07) is -1.57. The maximum absolute atomic E-state index is 14.1. The van der Waals surface area contributed by atoms with Gasteiger partial charge in [0.25, 0.3) is 0 Å². The Bertz CT molecular complexity index is 1050. The molecule has 46 heavy (non-hydrogen) atoms. The van der Waals surface area contributed by atoms with Crippen molar-refractivity contribution in [3.8, 4) is 0 Å². The fraction of sp³-hybridized carbons (Fsp3) is 0.833. The molecule has 2 fully saturated rings. The molecular formula is C36H66N6O4. The van der Waals surface area contributed by atoms with E-state index in [1.165, 1.54) is 0 Å². The van der Waals surface area contributed by atoms with Crippen LogP contribution in [0.4, 0.5) is 0 Å². The minimum Gasteiger partial charge on any atom is -0.354 e. The first-order valence-electron chi connectivity index (χ1n) is 17.9. The zero-order valence-corrected chi connectivity index (χ0v) is 30.9. The van der Waals surface area contributed by atoms with Crippen molar-refractivity contribution < 1.29 is 19.2 Å². The molecule has 10 heteroatoms. The predicted molar refractivity (Wildman–Crippen MR) is 186 cm³/mol. The van der Waals surface area contributed by atoms with Crippen LogP contribution in [0.25, 0.3) is 0 Å². The van der Waals surface area contributed by atoms with E-state index in [0.717, 1.165) is 58.3 Å². The van der Waals surface area contributed by atoms with Gasteiger partial charge in [0.15, 0.2) is 0 Å². The second-order valence-corrected chi connectivity index (χ2v) is 15.0. The maximum atomic E-state index is 14.1. The van der Waals surface area contributed by atoms with Gasteiger partial charge in [-0.25, -0.2) is 0 Å². The summed E-state index contributed by atoms with van der Waals surface area (Å²) in [5.41, 5.74) is 0.00126. The molecule has 2 saturated heterocycles. The van der Waals surface area contributed by atoms with Crippen molar-refractivity contribution in [3.63, 3.8) is 0 Å². The Hall–Kier alpha value is -2.46. The molecule has 0 spiro atoms. The molecule has 0 aromatic rings.